The monoisotopic (exact) mass is 508 g/mol. The van der Waals surface area contributed by atoms with E-state index in [1.54, 1.807) is 0 Å². The lowest BCUT2D eigenvalue weighted by Crippen LogP contribution is -2.16. The first-order valence-corrected chi connectivity index (χ1v) is 10.2. The van der Waals surface area contributed by atoms with Gasteiger partial charge in [0.1, 0.15) is 17.9 Å². The molecule has 1 heterocycles. The molecule has 3 aromatic carbocycles. The Balaban J connectivity index is 1.78. The molecule has 0 aliphatic rings. The first-order chi connectivity index (χ1) is 14.7. The molecule has 31 heavy (non-hydrogen) atoms. The van der Waals surface area contributed by atoms with E-state index in [9.17, 15) is 18.0 Å². The van der Waals surface area contributed by atoms with Gasteiger partial charge in [-0.1, -0.05) is 51.8 Å². The topological polar surface area (TPSA) is 39.4 Å². The molecule has 158 valence electrons. The minimum Gasteiger partial charge on any atom is -0.489 e. The van der Waals surface area contributed by atoms with Crippen molar-refractivity contribution in [1.82, 2.24) is 0 Å². The molecule has 1 aromatic heterocycles. The smallest absolute Gasteiger partial charge is 0.450 e. The Morgan fingerprint density at radius 2 is 1.74 bits per heavy atom. The van der Waals surface area contributed by atoms with Crippen LogP contribution in [0.15, 0.2) is 80.4 Å². The number of alkyl halides is 3. The maximum absolute atomic E-state index is 13.7. The Labute approximate surface area is 188 Å². The fourth-order valence-corrected chi connectivity index (χ4v) is 3.71. The van der Waals surface area contributed by atoms with E-state index in [4.69, 9.17) is 20.8 Å². The third-order valence-electron chi connectivity index (χ3n) is 4.55. The van der Waals surface area contributed by atoms with E-state index in [-0.39, 0.29) is 28.9 Å². The molecule has 0 N–H and O–H groups in total. The summed E-state index contributed by atoms with van der Waals surface area (Å²) in [6.07, 6.45) is -4.87. The van der Waals surface area contributed by atoms with E-state index in [0.29, 0.717) is 5.02 Å². The molecule has 4 rings (SSSR count). The van der Waals surface area contributed by atoms with Crippen LogP contribution in [0, 0.1) is 0 Å². The average Bonchev–Trinajstić information content (AvgIpc) is 2.72. The summed E-state index contributed by atoms with van der Waals surface area (Å²) in [6, 6.07) is 17.2. The second kappa shape index (κ2) is 8.40. The quantitative estimate of drug-likeness (QED) is 0.286. The highest BCUT2D eigenvalue weighted by molar-refractivity contribution is 9.10. The first kappa shape index (κ1) is 21.5. The molecule has 0 radical (unpaired) electrons. The molecule has 8 heteroatoms. The zero-order chi connectivity index (χ0) is 22.2. The number of ether oxygens (including phenoxy) is 1. The third kappa shape index (κ3) is 4.62. The molecule has 0 spiro atoms. The van der Waals surface area contributed by atoms with E-state index in [2.05, 4.69) is 15.9 Å². The van der Waals surface area contributed by atoms with Gasteiger partial charge in [-0.25, -0.2) is 0 Å². The van der Waals surface area contributed by atoms with Gasteiger partial charge in [0.15, 0.2) is 0 Å². The Morgan fingerprint density at radius 1 is 1.00 bits per heavy atom. The predicted molar refractivity (Wildman–Crippen MR) is 116 cm³/mol. The molecule has 0 saturated heterocycles. The van der Waals surface area contributed by atoms with Gasteiger partial charge in [0, 0.05) is 15.6 Å². The van der Waals surface area contributed by atoms with Crippen LogP contribution >= 0.6 is 27.5 Å². The highest BCUT2D eigenvalue weighted by atomic mass is 79.9. The molecule has 0 amide bonds. The number of rotatable bonds is 4. The Kier molecular flexibility index (Phi) is 5.81. The molecular weight excluding hydrogens is 497 g/mol. The summed E-state index contributed by atoms with van der Waals surface area (Å²) in [6.45, 7) is 0.199. The zero-order valence-electron chi connectivity index (χ0n) is 15.7. The largest absolute Gasteiger partial charge is 0.489 e. The number of benzene rings is 3. The van der Waals surface area contributed by atoms with Gasteiger partial charge in [0.25, 0.3) is 0 Å². The molecule has 3 nitrogen and oxygen atoms in total. The molecule has 4 aromatic rings. The lowest BCUT2D eigenvalue weighted by molar-refractivity contribution is -0.152. The minimum atomic E-state index is -4.87. The van der Waals surface area contributed by atoms with Crippen molar-refractivity contribution in [3.05, 3.63) is 97.8 Å². The van der Waals surface area contributed by atoms with Crippen LogP contribution in [0.2, 0.25) is 5.02 Å². The summed E-state index contributed by atoms with van der Waals surface area (Å²) in [5.74, 6) is -1.08. The Morgan fingerprint density at radius 3 is 2.42 bits per heavy atom. The van der Waals surface area contributed by atoms with E-state index < -0.39 is 22.9 Å². The third-order valence-corrected chi connectivity index (χ3v) is 5.29. The van der Waals surface area contributed by atoms with Crippen LogP contribution in [0.1, 0.15) is 11.3 Å². The summed E-state index contributed by atoms with van der Waals surface area (Å²) < 4.78 is 52.9. The Hall–Kier alpha value is -2.77. The Bertz CT molecular complexity index is 1310. The molecule has 0 fully saturated rings. The van der Waals surface area contributed by atoms with E-state index in [1.165, 1.54) is 42.5 Å². The first-order valence-electron chi connectivity index (χ1n) is 9.03. The number of fused-ring (bicyclic) bond motifs is 1. The maximum atomic E-state index is 13.7. The molecule has 0 aliphatic carbocycles. The highest BCUT2D eigenvalue weighted by Crippen LogP contribution is 2.38. The second-order valence-electron chi connectivity index (χ2n) is 6.72. The molecule has 0 unspecified atom stereocenters. The zero-order valence-corrected chi connectivity index (χ0v) is 18.0. The van der Waals surface area contributed by atoms with Gasteiger partial charge < -0.3 is 9.15 Å². The number of hydrogen-bond donors (Lipinski definition) is 0. The minimum absolute atomic E-state index is 0.0211. The van der Waals surface area contributed by atoms with Crippen molar-refractivity contribution >= 4 is 38.5 Å². The van der Waals surface area contributed by atoms with Crippen molar-refractivity contribution in [2.45, 2.75) is 12.8 Å². The van der Waals surface area contributed by atoms with Crippen LogP contribution in [0.3, 0.4) is 0 Å². The number of halogens is 5. The molecule has 0 saturated carbocycles. The lowest BCUT2D eigenvalue weighted by atomic mass is 10.0. The van der Waals surface area contributed by atoms with Crippen molar-refractivity contribution in [2.24, 2.45) is 0 Å². The normalized spacial score (nSPS) is 11.6. The number of hydrogen-bond acceptors (Lipinski definition) is 3. The predicted octanol–water partition coefficient (Wildman–Crippen LogP) is 7.47. The molecule has 0 bridgehead atoms. The summed E-state index contributed by atoms with van der Waals surface area (Å²) in [4.78, 5) is 13.0. The van der Waals surface area contributed by atoms with E-state index in [1.807, 2.05) is 24.3 Å². The van der Waals surface area contributed by atoms with Crippen molar-refractivity contribution in [3.63, 3.8) is 0 Å². The molecular formula is C23H13BrClF3O3. The van der Waals surface area contributed by atoms with Gasteiger partial charge in [-0.15, -0.1) is 0 Å². The lowest BCUT2D eigenvalue weighted by Gasteiger charge is -2.13. The van der Waals surface area contributed by atoms with E-state index >= 15 is 0 Å². The van der Waals surface area contributed by atoms with Gasteiger partial charge in [-0.3, -0.25) is 4.79 Å². The van der Waals surface area contributed by atoms with Crippen LogP contribution in [0.25, 0.3) is 22.1 Å². The molecule has 0 aliphatic heterocycles. The van der Waals surface area contributed by atoms with E-state index in [0.717, 1.165) is 10.0 Å². The summed E-state index contributed by atoms with van der Waals surface area (Å²) in [5, 5.41) is 0.363. The SMILES string of the molecule is O=c1c(-c2ccc(Cl)cc2)c(C(F)(F)F)oc2cc(OCc3cccc(Br)c3)ccc12. The maximum Gasteiger partial charge on any atom is 0.450 e. The van der Waals surface area contributed by atoms with Crippen molar-refractivity contribution in [3.8, 4) is 16.9 Å². The summed E-state index contributed by atoms with van der Waals surface area (Å²) in [5.41, 5.74) is -0.608. The van der Waals surface area contributed by atoms with Gasteiger partial charge in [-0.05, 0) is 47.5 Å². The van der Waals surface area contributed by atoms with Gasteiger partial charge in [0.05, 0.1) is 10.9 Å². The summed E-state index contributed by atoms with van der Waals surface area (Å²) in [7, 11) is 0. The van der Waals surface area contributed by atoms with Crippen LogP contribution in [0.5, 0.6) is 5.75 Å². The highest BCUT2D eigenvalue weighted by Gasteiger charge is 2.39. The van der Waals surface area contributed by atoms with Crippen LogP contribution in [-0.4, -0.2) is 0 Å². The van der Waals surface area contributed by atoms with Crippen molar-refractivity contribution in [2.75, 3.05) is 0 Å². The van der Waals surface area contributed by atoms with Crippen molar-refractivity contribution in [1.29, 1.82) is 0 Å². The van der Waals surface area contributed by atoms with Crippen molar-refractivity contribution < 1.29 is 22.3 Å². The van der Waals surface area contributed by atoms with Crippen LogP contribution in [-0.2, 0) is 12.8 Å². The summed E-state index contributed by atoms with van der Waals surface area (Å²) >= 11 is 9.19. The van der Waals surface area contributed by atoms with Gasteiger partial charge >= 0.3 is 6.18 Å². The van der Waals surface area contributed by atoms with Gasteiger partial charge in [-0.2, -0.15) is 13.2 Å². The van der Waals surface area contributed by atoms with Gasteiger partial charge in [0.2, 0.25) is 11.2 Å². The standard InChI is InChI=1S/C23H13BrClF3O3/c24-15-3-1-2-13(10-15)12-30-17-8-9-18-19(11-17)31-22(23(26,27)28)20(21(18)29)14-4-6-16(25)7-5-14/h1-11H,12H2. The fourth-order valence-electron chi connectivity index (χ4n) is 3.14. The van der Waals surface area contributed by atoms with Crippen LogP contribution in [0.4, 0.5) is 13.2 Å². The van der Waals surface area contributed by atoms with Crippen LogP contribution < -0.4 is 10.2 Å². The second-order valence-corrected chi connectivity index (χ2v) is 8.07. The molecule has 0 atom stereocenters. The average molecular weight is 510 g/mol. The fraction of sp³-hybridized carbons (Fsp3) is 0.0870.